The Hall–Kier alpha value is -2.73. The number of carbonyl (C=O) groups is 1. The Kier molecular flexibility index (Phi) is 7.43. The Morgan fingerprint density at radius 1 is 0.970 bits per heavy atom. The highest BCUT2D eigenvalue weighted by Gasteiger charge is 2.25. The maximum atomic E-state index is 13.2. The van der Waals surface area contributed by atoms with Crippen LogP contribution in [0.5, 0.6) is 0 Å². The molecule has 1 saturated heterocycles. The van der Waals surface area contributed by atoms with Crippen LogP contribution in [-0.2, 0) is 12.8 Å². The van der Waals surface area contributed by atoms with Crippen LogP contribution < -0.4 is 4.90 Å². The predicted molar refractivity (Wildman–Crippen MR) is 137 cm³/mol. The molecule has 3 aromatic rings. The second kappa shape index (κ2) is 10.5. The van der Waals surface area contributed by atoms with Crippen LogP contribution >= 0.6 is 15.9 Å². The van der Waals surface area contributed by atoms with E-state index in [-0.39, 0.29) is 5.91 Å². The summed E-state index contributed by atoms with van der Waals surface area (Å²) in [5.41, 5.74) is 5.57. The molecule has 2 aromatic carbocycles. The topological polar surface area (TPSA) is 49.3 Å². The van der Waals surface area contributed by atoms with E-state index in [1.54, 1.807) is 0 Å². The van der Waals surface area contributed by atoms with Gasteiger partial charge < -0.3 is 9.80 Å². The summed E-state index contributed by atoms with van der Waals surface area (Å²) >= 11 is 3.53. The first-order chi connectivity index (χ1) is 16.0. The monoisotopic (exact) mass is 506 g/mol. The number of hydrogen-bond donors (Lipinski definition) is 0. The highest BCUT2D eigenvalue weighted by atomic mass is 79.9. The highest BCUT2D eigenvalue weighted by molar-refractivity contribution is 9.10. The zero-order valence-electron chi connectivity index (χ0n) is 19.6. The van der Waals surface area contributed by atoms with Crippen molar-refractivity contribution < 1.29 is 4.79 Å². The zero-order chi connectivity index (χ0) is 23.4. The minimum atomic E-state index is 0.0809. The minimum Gasteiger partial charge on any atom is -0.354 e. The van der Waals surface area contributed by atoms with Gasteiger partial charge in [-0.1, -0.05) is 48.9 Å². The largest absolute Gasteiger partial charge is 0.354 e. The van der Waals surface area contributed by atoms with Gasteiger partial charge in [0.1, 0.15) is 11.6 Å². The number of anilines is 1. The van der Waals surface area contributed by atoms with E-state index in [0.717, 1.165) is 66.3 Å². The van der Waals surface area contributed by atoms with Crippen LogP contribution in [0.2, 0.25) is 0 Å². The molecule has 0 N–H and O–H groups in total. The molecule has 0 saturated carbocycles. The van der Waals surface area contributed by atoms with Gasteiger partial charge in [0, 0.05) is 48.3 Å². The van der Waals surface area contributed by atoms with Crippen LogP contribution in [0.4, 0.5) is 5.82 Å². The van der Waals surface area contributed by atoms with Crippen LogP contribution in [0.1, 0.15) is 51.9 Å². The predicted octanol–water partition coefficient (Wildman–Crippen LogP) is 5.36. The second-order valence-corrected chi connectivity index (χ2v) is 9.50. The molecule has 1 fully saturated rings. The normalized spacial score (nSPS) is 14.3. The Morgan fingerprint density at radius 2 is 1.73 bits per heavy atom. The van der Waals surface area contributed by atoms with Crippen LogP contribution in [-0.4, -0.2) is 47.0 Å². The summed E-state index contributed by atoms with van der Waals surface area (Å²) in [5.74, 6) is 1.91. The van der Waals surface area contributed by atoms with Gasteiger partial charge in [0.2, 0.25) is 0 Å². The molecular weight excluding hydrogens is 476 g/mol. The maximum Gasteiger partial charge on any atom is 0.255 e. The number of aryl methyl sites for hydroxylation is 3. The number of halogens is 1. The number of rotatable bonds is 5. The maximum absolute atomic E-state index is 13.2. The molecule has 2 heterocycles. The first-order valence-electron chi connectivity index (χ1n) is 11.7. The highest BCUT2D eigenvalue weighted by Crippen LogP contribution is 2.27. The summed E-state index contributed by atoms with van der Waals surface area (Å²) in [7, 11) is 0. The van der Waals surface area contributed by atoms with Crippen molar-refractivity contribution in [3.63, 3.8) is 0 Å². The molecule has 0 radical (unpaired) electrons. The molecule has 0 aliphatic carbocycles. The number of carbonyl (C=O) groups excluding carboxylic acids is 1. The second-order valence-electron chi connectivity index (χ2n) is 8.65. The third-order valence-electron chi connectivity index (χ3n) is 6.21. The van der Waals surface area contributed by atoms with Gasteiger partial charge >= 0.3 is 0 Å². The lowest BCUT2D eigenvalue weighted by Gasteiger charge is -2.26. The summed E-state index contributed by atoms with van der Waals surface area (Å²) in [4.78, 5) is 27.2. The van der Waals surface area contributed by atoms with Gasteiger partial charge in [0.05, 0.1) is 5.56 Å². The van der Waals surface area contributed by atoms with Gasteiger partial charge in [0.25, 0.3) is 5.91 Å². The fourth-order valence-electron chi connectivity index (χ4n) is 4.42. The van der Waals surface area contributed by atoms with E-state index >= 15 is 0 Å². The lowest BCUT2D eigenvalue weighted by molar-refractivity contribution is 0.0766. The van der Waals surface area contributed by atoms with Crippen LogP contribution in [0.3, 0.4) is 0 Å². The van der Waals surface area contributed by atoms with Gasteiger partial charge in [-0.05, 0) is 60.3 Å². The van der Waals surface area contributed by atoms with Gasteiger partial charge in [-0.15, -0.1) is 0 Å². The van der Waals surface area contributed by atoms with E-state index in [4.69, 9.17) is 9.97 Å². The number of nitrogens with zero attached hydrogens (tertiary/aromatic N) is 4. The average Bonchev–Trinajstić information content (AvgIpc) is 3.07. The first kappa shape index (κ1) is 23.4. The lowest BCUT2D eigenvalue weighted by atomic mass is 10.0. The molecule has 1 aliphatic heterocycles. The Labute approximate surface area is 205 Å². The lowest BCUT2D eigenvalue weighted by Crippen LogP contribution is -2.36. The number of hydrogen-bond acceptors (Lipinski definition) is 4. The molecule has 0 unspecified atom stereocenters. The molecular formula is C27H31BrN4O. The summed E-state index contributed by atoms with van der Waals surface area (Å²) in [6, 6.07) is 16.4. The molecule has 0 atom stereocenters. The van der Waals surface area contributed by atoms with Gasteiger partial charge in [-0.25, -0.2) is 9.97 Å². The van der Waals surface area contributed by atoms with Crippen LogP contribution in [0, 0.1) is 13.8 Å². The third kappa shape index (κ3) is 5.44. The molecule has 172 valence electrons. The Morgan fingerprint density at radius 3 is 2.45 bits per heavy atom. The van der Waals surface area contributed by atoms with E-state index in [9.17, 15) is 4.79 Å². The van der Waals surface area contributed by atoms with Gasteiger partial charge in [-0.2, -0.15) is 0 Å². The standard InChI is InChI=1S/C27H31BrN4O/c1-4-25-23(18-21-12-10-19(2)11-13-21)26(30-20(3)29-25)31-14-7-15-32(17-16-31)27(33)22-8-5-6-9-24(22)28/h5-6,8-13H,4,7,14-18H2,1-3H3. The van der Waals surface area contributed by atoms with E-state index in [0.29, 0.717) is 6.54 Å². The van der Waals surface area contributed by atoms with Gasteiger partial charge in [0.15, 0.2) is 0 Å². The smallest absolute Gasteiger partial charge is 0.255 e. The van der Waals surface area contributed by atoms with Crippen LogP contribution in [0.25, 0.3) is 0 Å². The molecule has 6 heteroatoms. The van der Waals surface area contributed by atoms with E-state index in [1.165, 1.54) is 16.7 Å². The van der Waals surface area contributed by atoms with Crippen molar-refractivity contribution in [2.45, 2.75) is 40.0 Å². The van der Waals surface area contributed by atoms with E-state index < -0.39 is 0 Å². The van der Waals surface area contributed by atoms with Crippen molar-refractivity contribution in [1.82, 2.24) is 14.9 Å². The molecule has 0 bridgehead atoms. The fraction of sp³-hybridized carbons (Fsp3) is 0.370. The zero-order valence-corrected chi connectivity index (χ0v) is 21.2. The fourth-order valence-corrected chi connectivity index (χ4v) is 4.87. The molecule has 33 heavy (non-hydrogen) atoms. The SMILES string of the molecule is CCc1nc(C)nc(N2CCCN(C(=O)c3ccccc3Br)CC2)c1Cc1ccc(C)cc1. The molecule has 5 nitrogen and oxygen atoms in total. The third-order valence-corrected chi connectivity index (χ3v) is 6.90. The van der Waals surface area contributed by atoms with Crippen molar-refractivity contribution in [3.05, 3.63) is 86.8 Å². The van der Waals surface area contributed by atoms with Gasteiger partial charge in [-0.3, -0.25) is 4.79 Å². The molecule has 0 spiro atoms. The molecule has 4 rings (SSSR count). The summed E-state index contributed by atoms with van der Waals surface area (Å²) in [6.07, 6.45) is 2.60. The number of amides is 1. The molecule has 1 aliphatic rings. The van der Waals surface area contributed by atoms with Crippen molar-refractivity contribution in [1.29, 1.82) is 0 Å². The van der Waals surface area contributed by atoms with E-state index in [1.807, 2.05) is 36.1 Å². The van der Waals surface area contributed by atoms with Crippen molar-refractivity contribution in [2.75, 3.05) is 31.1 Å². The Bertz CT molecular complexity index is 1130. The van der Waals surface area contributed by atoms with Crippen molar-refractivity contribution in [2.24, 2.45) is 0 Å². The first-order valence-corrected chi connectivity index (χ1v) is 12.5. The summed E-state index contributed by atoms with van der Waals surface area (Å²) in [6.45, 7) is 9.30. The van der Waals surface area contributed by atoms with Crippen molar-refractivity contribution >= 4 is 27.7 Å². The number of benzene rings is 2. The molecule has 1 amide bonds. The molecule has 1 aromatic heterocycles. The Balaban J connectivity index is 1.59. The van der Waals surface area contributed by atoms with E-state index in [2.05, 4.69) is 58.9 Å². The van der Waals surface area contributed by atoms with Crippen LogP contribution in [0.15, 0.2) is 53.0 Å². The van der Waals surface area contributed by atoms with Crippen molar-refractivity contribution in [3.8, 4) is 0 Å². The summed E-state index contributed by atoms with van der Waals surface area (Å²) in [5, 5.41) is 0. The average molecular weight is 507 g/mol. The summed E-state index contributed by atoms with van der Waals surface area (Å²) < 4.78 is 0.843. The minimum absolute atomic E-state index is 0.0809. The number of aromatic nitrogens is 2. The quantitative estimate of drug-likeness (QED) is 0.467.